The number of hydrogen-bond acceptors (Lipinski definition) is 9. The van der Waals surface area contributed by atoms with Gasteiger partial charge in [-0.3, -0.25) is 5.32 Å². The van der Waals surface area contributed by atoms with Crippen molar-refractivity contribution in [1.29, 1.82) is 0 Å². The van der Waals surface area contributed by atoms with Crippen molar-refractivity contribution in [1.82, 2.24) is 5.16 Å². The minimum Gasteiger partial charge on any atom is -0.489 e. The van der Waals surface area contributed by atoms with E-state index in [-0.39, 0.29) is 25.4 Å². The Morgan fingerprint density at radius 1 is 1.03 bits per heavy atom. The predicted octanol–water partition coefficient (Wildman–Crippen LogP) is 4.90. The number of ether oxygens (including phenoxy) is 3. The summed E-state index contributed by atoms with van der Waals surface area (Å²) in [5.74, 6) is 0.572. The fourth-order valence-electron chi connectivity index (χ4n) is 3.52. The first-order valence-electron chi connectivity index (χ1n) is 11.2. The van der Waals surface area contributed by atoms with Gasteiger partial charge in [-0.05, 0) is 51.1 Å². The topological polar surface area (TPSA) is 130 Å². The number of aryl methyl sites for hydroxylation is 2. The standard InChI is InChI=1S/C26H24N2O8/c1-4-32-26(31)27-19-8-9-21-18(11-24(29)35-23(21)12-19)13-34-25(30)17-6-5-7-20(10-17)33-14-22-15(2)28-36-16(22)3/h5-12H,4,13-14H2,1-3H3,(H,27,31). The maximum absolute atomic E-state index is 12.7. The van der Waals surface area contributed by atoms with Gasteiger partial charge < -0.3 is 23.2 Å². The highest BCUT2D eigenvalue weighted by atomic mass is 16.5. The van der Waals surface area contributed by atoms with E-state index in [1.165, 1.54) is 12.1 Å². The van der Waals surface area contributed by atoms with Gasteiger partial charge in [0.2, 0.25) is 0 Å². The van der Waals surface area contributed by atoms with Gasteiger partial charge in [-0.1, -0.05) is 11.2 Å². The molecular formula is C26H24N2O8. The van der Waals surface area contributed by atoms with Crippen molar-refractivity contribution in [3.05, 3.63) is 87.1 Å². The Morgan fingerprint density at radius 3 is 2.61 bits per heavy atom. The SMILES string of the molecule is CCOC(=O)Nc1ccc2c(COC(=O)c3cccc(OCc4c(C)noc4C)c3)cc(=O)oc2c1. The van der Waals surface area contributed by atoms with Gasteiger partial charge in [-0.25, -0.2) is 14.4 Å². The second kappa shape index (κ2) is 10.8. The molecule has 4 aromatic rings. The molecule has 0 spiro atoms. The fourth-order valence-corrected chi connectivity index (χ4v) is 3.52. The molecule has 10 heteroatoms. The van der Waals surface area contributed by atoms with Crippen LogP contribution in [0.5, 0.6) is 5.75 Å². The van der Waals surface area contributed by atoms with Gasteiger partial charge in [0, 0.05) is 28.8 Å². The van der Waals surface area contributed by atoms with Crippen LogP contribution in [-0.4, -0.2) is 23.8 Å². The van der Waals surface area contributed by atoms with E-state index in [4.69, 9.17) is 23.2 Å². The molecule has 0 radical (unpaired) electrons. The lowest BCUT2D eigenvalue weighted by Gasteiger charge is -2.10. The molecular weight excluding hydrogens is 468 g/mol. The molecule has 36 heavy (non-hydrogen) atoms. The van der Waals surface area contributed by atoms with Gasteiger partial charge >= 0.3 is 17.7 Å². The quantitative estimate of drug-likeness (QED) is 0.269. The van der Waals surface area contributed by atoms with Crippen LogP contribution < -0.4 is 15.7 Å². The normalized spacial score (nSPS) is 10.8. The Morgan fingerprint density at radius 2 is 1.86 bits per heavy atom. The van der Waals surface area contributed by atoms with Gasteiger partial charge in [-0.2, -0.15) is 0 Å². The molecule has 1 amide bonds. The molecule has 0 bridgehead atoms. The van der Waals surface area contributed by atoms with E-state index >= 15 is 0 Å². The number of carbonyl (C=O) groups is 2. The zero-order valence-electron chi connectivity index (χ0n) is 20.0. The molecule has 1 N–H and O–H groups in total. The second-order valence-electron chi connectivity index (χ2n) is 7.84. The van der Waals surface area contributed by atoms with Crippen LogP contribution in [0.2, 0.25) is 0 Å². The Labute approximate surface area is 205 Å². The number of rotatable bonds is 8. The summed E-state index contributed by atoms with van der Waals surface area (Å²) in [6.07, 6.45) is -0.623. The van der Waals surface area contributed by atoms with E-state index in [1.54, 1.807) is 50.2 Å². The van der Waals surface area contributed by atoms with Crippen LogP contribution in [0.25, 0.3) is 11.0 Å². The van der Waals surface area contributed by atoms with E-state index in [1.807, 2.05) is 6.92 Å². The first kappa shape index (κ1) is 24.5. The first-order valence-corrected chi connectivity index (χ1v) is 11.2. The third-order valence-electron chi connectivity index (χ3n) is 5.34. The van der Waals surface area contributed by atoms with Gasteiger partial charge in [0.15, 0.2) is 0 Å². The number of aromatic nitrogens is 1. The van der Waals surface area contributed by atoms with Crippen molar-refractivity contribution in [2.24, 2.45) is 0 Å². The van der Waals surface area contributed by atoms with Crippen molar-refractivity contribution < 1.29 is 32.7 Å². The number of fused-ring (bicyclic) bond motifs is 1. The van der Waals surface area contributed by atoms with Crippen molar-refractivity contribution in [3.8, 4) is 5.75 Å². The lowest BCUT2D eigenvalue weighted by molar-refractivity contribution is 0.0473. The highest BCUT2D eigenvalue weighted by molar-refractivity contribution is 5.91. The van der Waals surface area contributed by atoms with E-state index < -0.39 is 17.7 Å². The number of benzene rings is 2. The average molecular weight is 492 g/mol. The highest BCUT2D eigenvalue weighted by Crippen LogP contribution is 2.23. The minimum absolute atomic E-state index is 0.157. The van der Waals surface area contributed by atoms with Crippen LogP contribution in [0.1, 0.15) is 39.9 Å². The number of esters is 1. The van der Waals surface area contributed by atoms with Crippen LogP contribution in [0.15, 0.2) is 62.3 Å². The van der Waals surface area contributed by atoms with Crippen molar-refractivity contribution in [3.63, 3.8) is 0 Å². The fraction of sp³-hybridized carbons (Fsp3) is 0.231. The summed E-state index contributed by atoms with van der Waals surface area (Å²) < 4.78 is 26.5. The third kappa shape index (κ3) is 5.72. The largest absolute Gasteiger partial charge is 0.489 e. The smallest absolute Gasteiger partial charge is 0.411 e. The number of anilines is 1. The lowest BCUT2D eigenvalue weighted by atomic mass is 10.1. The summed E-state index contributed by atoms with van der Waals surface area (Å²) in [4.78, 5) is 36.4. The Balaban J connectivity index is 1.45. The molecule has 0 aliphatic carbocycles. The molecule has 10 nitrogen and oxygen atoms in total. The molecule has 2 heterocycles. The van der Waals surface area contributed by atoms with Crippen molar-refractivity contribution >= 4 is 28.7 Å². The highest BCUT2D eigenvalue weighted by Gasteiger charge is 2.14. The number of nitrogens with one attached hydrogen (secondary N) is 1. The van der Waals surface area contributed by atoms with Crippen molar-refractivity contribution in [2.45, 2.75) is 34.0 Å². The Kier molecular flexibility index (Phi) is 7.33. The molecule has 0 atom stereocenters. The zero-order chi connectivity index (χ0) is 25.7. The molecule has 0 fully saturated rings. The summed E-state index contributed by atoms with van der Waals surface area (Å²) in [6, 6.07) is 12.6. The van der Waals surface area contributed by atoms with Gasteiger partial charge in [0.05, 0.1) is 23.4 Å². The van der Waals surface area contributed by atoms with Crippen molar-refractivity contribution in [2.75, 3.05) is 11.9 Å². The summed E-state index contributed by atoms with van der Waals surface area (Å²) >= 11 is 0. The van der Waals surface area contributed by atoms with Crippen LogP contribution in [-0.2, 0) is 22.7 Å². The predicted molar refractivity (Wildman–Crippen MR) is 129 cm³/mol. The van der Waals surface area contributed by atoms with E-state index in [0.717, 1.165) is 11.3 Å². The van der Waals surface area contributed by atoms with Crippen LogP contribution in [0, 0.1) is 13.8 Å². The van der Waals surface area contributed by atoms with Crippen LogP contribution in [0.3, 0.4) is 0 Å². The molecule has 0 saturated carbocycles. The van der Waals surface area contributed by atoms with Crippen LogP contribution >= 0.6 is 0 Å². The van der Waals surface area contributed by atoms with Gasteiger partial charge in [-0.15, -0.1) is 0 Å². The van der Waals surface area contributed by atoms with E-state index in [9.17, 15) is 14.4 Å². The summed E-state index contributed by atoms with van der Waals surface area (Å²) in [5, 5.41) is 7.01. The van der Waals surface area contributed by atoms with E-state index in [0.29, 0.717) is 33.7 Å². The monoisotopic (exact) mass is 492 g/mol. The lowest BCUT2D eigenvalue weighted by Crippen LogP contribution is -2.13. The number of amides is 1. The maximum Gasteiger partial charge on any atom is 0.411 e. The Bertz CT molecular complexity index is 1450. The molecule has 2 aromatic carbocycles. The summed E-state index contributed by atoms with van der Waals surface area (Å²) in [5.41, 5.74) is 2.35. The first-order chi connectivity index (χ1) is 17.3. The maximum atomic E-state index is 12.7. The number of carbonyl (C=O) groups excluding carboxylic acids is 2. The third-order valence-corrected chi connectivity index (χ3v) is 5.34. The minimum atomic E-state index is -0.623. The molecule has 0 unspecified atom stereocenters. The van der Waals surface area contributed by atoms with Crippen LogP contribution in [0.4, 0.5) is 10.5 Å². The van der Waals surface area contributed by atoms with Gasteiger partial charge in [0.25, 0.3) is 0 Å². The molecule has 0 aliphatic rings. The second-order valence-corrected chi connectivity index (χ2v) is 7.84. The molecule has 186 valence electrons. The summed E-state index contributed by atoms with van der Waals surface area (Å²) in [7, 11) is 0. The average Bonchev–Trinajstić information content (AvgIpc) is 3.17. The van der Waals surface area contributed by atoms with Gasteiger partial charge in [0.1, 0.15) is 30.3 Å². The van der Waals surface area contributed by atoms with E-state index in [2.05, 4.69) is 10.5 Å². The molecule has 0 aliphatic heterocycles. The Hall–Kier alpha value is -4.60. The molecule has 4 rings (SSSR count). The summed E-state index contributed by atoms with van der Waals surface area (Å²) in [6.45, 7) is 5.64. The number of nitrogens with zero attached hydrogens (tertiary/aromatic N) is 1. The number of hydrogen-bond donors (Lipinski definition) is 1. The molecule has 2 aromatic heterocycles. The zero-order valence-corrected chi connectivity index (χ0v) is 20.0. The molecule has 0 saturated heterocycles.